The molecule has 0 saturated carbocycles. The maximum Gasteiger partial charge on any atom is 0.304 e. The molecule has 0 aliphatic rings. The maximum atomic E-state index is 10.7. The molecule has 5 heteroatoms. The molecule has 0 radical (unpaired) electrons. The second-order valence-corrected chi connectivity index (χ2v) is 5.93. The second kappa shape index (κ2) is 6.10. The van der Waals surface area contributed by atoms with Gasteiger partial charge in [-0.25, -0.2) is 0 Å². The summed E-state index contributed by atoms with van der Waals surface area (Å²) in [6.45, 7) is 4.86. The average molecular weight is 278 g/mol. The first kappa shape index (κ1) is 13.9. The predicted octanol–water partition coefficient (Wildman–Crippen LogP) is 3.15. The number of nitrogens with zero attached hydrogens (tertiary/aromatic N) is 2. The molecule has 2 rings (SSSR count). The summed E-state index contributed by atoms with van der Waals surface area (Å²) in [5, 5.41) is 14.6. The van der Waals surface area contributed by atoms with Crippen molar-refractivity contribution in [3.05, 3.63) is 30.0 Å². The van der Waals surface area contributed by atoms with Gasteiger partial charge >= 0.3 is 5.97 Å². The van der Waals surface area contributed by atoms with Crippen molar-refractivity contribution in [2.45, 2.75) is 37.8 Å². The normalized spacial score (nSPS) is 12.7. The Morgan fingerprint density at radius 1 is 1.47 bits per heavy atom. The first-order valence-electron chi connectivity index (χ1n) is 6.39. The van der Waals surface area contributed by atoms with Crippen LogP contribution in [0.3, 0.4) is 0 Å². The zero-order valence-electron chi connectivity index (χ0n) is 11.2. The monoisotopic (exact) mass is 278 g/mol. The molecule has 0 saturated heterocycles. The molecule has 2 aromatic rings. The molecular weight excluding hydrogens is 260 g/mol. The van der Waals surface area contributed by atoms with Crippen LogP contribution < -0.4 is 0 Å². The SMILES string of the molecule is CCn1nc(CSC(C)CC(=O)O)c2ccccc21. The molecular formula is C14H18N2O2S. The van der Waals surface area contributed by atoms with Crippen LogP contribution in [0, 0.1) is 0 Å². The highest BCUT2D eigenvalue weighted by Gasteiger charge is 2.12. The Morgan fingerprint density at radius 3 is 2.89 bits per heavy atom. The van der Waals surface area contributed by atoms with Gasteiger partial charge in [-0.1, -0.05) is 25.1 Å². The van der Waals surface area contributed by atoms with Gasteiger partial charge in [-0.3, -0.25) is 9.48 Å². The van der Waals surface area contributed by atoms with E-state index < -0.39 is 5.97 Å². The van der Waals surface area contributed by atoms with E-state index in [0.717, 1.165) is 23.5 Å². The Bertz CT molecular complexity index is 580. The molecule has 1 unspecified atom stereocenters. The largest absolute Gasteiger partial charge is 0.481 e. The molecule has 0 fully saturated rings. The van der Waals surface area contributed by atoms with Gasteiger partial charge in [0, 0.05) is 22.9 Å². The van der Waals surface area contributed by atoms with Gasteiger partial charge in [-0.05, 0) is 13.0 Å². The van der Waals surface area contributed by atoms with Gasteiger partial charge < -0.3 is 5.11 Å². The van der Waals surface area contributed by atoms with E-state index in [1.807, 2.05) is 23.7 Å². The standard InChI is InChI=1S/C14H18N2O2S/c1-3-16-13-7-5-4-6-11(13)12(15-16)9-19-10(2)8-14(17)18/h4-7,10H,3,8-9H2,1-2H3,(H,17,18). The van der Waals surface area contributed by atoms with Crippen LogP contribution in [0.25, 0.3) is 10.9 Å². The summed E-state index contributed by atoms with van der Waals surface area (Å²) in [5.74, 6) is 0.00560. The number of carboxylic acids is 1. The Labute approximate surface area is 116 Å². The van der Waals surface area contributed by atoms with Gasteiger partial charge in [-0.15, -0.1) is 0 Å². The first-order chi connectivity index (χ1) is 9.11. The lowest BCUT2D eigenvalue weighted by molar-refractivity contribution is -0.136. The van der Waals surface area contributed by atoms with E-state index in [1.165, 1.54) is 5.39 Å². The molecule has 0 amide bonds. The number of aliphatic carboxylic acids is 1. The number of hydrogen-bond acceptors (Lipinski definition) is 3. The minimum absolute atomic E-state index is 0.100. The molecule has 0 aliphatic heterocycles. The fourth-order valence-corrected chi connectivity index (χ4v) is 2.99. The summed E-state index contributed by atoms with van der Waals surface area (Å²) in [5.41, 5.74) is 2.19. The quantitative estimate of drug-likeness (QED) is 0.882. The number of fused-ring (bicyclic) bond motifs is 1. The summed E-state index contributed by atoms with van der Waals surface area (Å²) >= 11 is 1.64. The van der Waals surface area contributed by atoms with Crippen molar-refractivity contribution in [2.75, 3.05) is 0 Å². The Kier molecular flexibility index (Phi) is 4.47. The van der Waals surface area contributed by atoms with Crippen LogP contribution >= 0.6 is 11.8 Å². The van der Waals surface area contributed by atoms with Gasteiger partial charge in [0.2, 0.25) is 0 Å². The summed E-state index contributed by atoms with van der Waals surface area (Å²) < 4.78 is 1.99. The van der Waals surface area contributed by atoms with Crippen LogP contribution in [0.1, 0.15) is 26.0 Å². The van der Waals surface area contributed by atoms with Crippen molar-refractivity contribution in [2.24, 2.45) is 0 Å². The third-order valence-electron chi connectivity index (χ3n) is 3.00. The van der Waals surface area contributed by atoms with Crippen LogP contribution in [0.4, 0.5) is 0 Å². The van der Waals surface area contributed by atoms with Crippen molar-refractivity contribution >= 4 is 28.6 Å². The fourth-order valence-electron chi connectivity index (χ4n) is 2.07. The number of para-hydroxylation sites is 1. The van der Waals surface area contributed by atoms with E-state index in [0.29, 0.717) is 0 Å². The van der Waals surface area contributed by atoms with E-state index in [9.17, 15) is 4.79 Å². The number of aryl methyl sites for hydroxylation is 1. The lowest BCUT2D eigenvalue weighted by atomic mass is 10.2. The van der Waals surface area contributed by atoms with Crippen LogP contribution in [-0.2, 0) is 17.1 Å². The molecule has 1 atom stereocenters. The van der Waals surface area contributed by atoms with Gasteiger partial charge in [0.25, 0.3) is 0 Å². The molecule has 19 heavy (non-hydrogen) atoms. The number of rotatable bonds is 6. The van der Waals surface area contributed by atoms with E-state index in [4.69, 9.17) is 5.11 Å². The molecule has 1 N–H and O–H groups in total. The zero-order chi connectivity index (χ0) is 13.8. The van der Waals surface area contributed by atoms with Crippen molar-refractivity contribution in [1.29, 1.82) is 0 Å². The number of carboxylic acid groups (broad SMARTS) is 1. The Balaban J connectivity index is 2.14. The first-order valence-corrected chi connectivity index (χ1v) is 7.44. The van der Waals surface area contributed by atoms with E-state index in [-0.39, 0.29) is 11.7 Å². The molecule has 0 spiro atoms. The number of thioether (sulfide) groups is 1. The number of aromatic nitrogens is 2. The molecule has 0 aliphatic carbocycles. The zero-order valence-corrected chi connectivity index (χ0v) is 12.0. The molecule has 4 nitrogen and oxygen atoms in total. The summed E-state index contributed by atoms with van der Waals surface area (Å²) in [4.78, 5) is 10.7. The Hall–Kier alpha value is -1.49. The smallest absolute Gasteiger partial charge is 0.304 e. The summed E-state index contributed by atoms with van der Waals surface area (Å²) in [6, 6.07) is 8.17. The van der Waals surface area contributed by atoms with Gasteiger partial charge in [0.05, 0.1) is 17.6 Å². The summed E-state index contributed by atoms with van der Waals surface area (Å²) in [6.07, 6.45) is 0.192. The highest BCUT2D eigenvalue weighted by Crippen LogP contribution is 2.25. The highest BCUT2D eigenvalue weighted by atomic mass is 32.2. The molecule has 1 aromatic carbocycles. The molecule has 1 aromatic heterocycles. The number of benzene rings is 1. The minimum Gasteiger partial charge on any atom is -0.481 e. The van der Waals surface area contributed by atoms with E-state index in [2.05, 4.69) is 24.2 Å². The van der Waals surface area contributed by atoms with Crippen LogP contribution in [0.2, 0.25) is 0 Å². The maximum absolute atomic E-state index is 10.7. The fraction of sp³-hybridized carbons (Fsp3) is 0.429. The lowest BCUT2D eigenvalue weighted by Gasteiger charge is -2.06. The molecule has 1 heterocycles. The number of hydrogen-bond donors (Lipinski definition) is 1. The number of carbonyl (C=O) groups is 1. The van der Waals surface area contributed by atoms with E-state index in [1.54, 1.807) is 11.8 Å². The second-order valence-electron chi connectivity index (χ2n) is 4.50. The summed E-state index contributed by atoms with van der Waals surface area (Å²) in [7, 11) is 0. The van der Waals surface area contributed by atoms with Crippen molar-refractivity contribution in [3.8, 4) is 0 Å². The predicted molar refractivity (Wildman–Crippen MR) is 78.4 cm³/mol. The molecule has 102 valence electrons. The topological polar surface area (TPSA) is 55.1 Å². The lowest BCUT2D eigenvalue weighted by Crippen LogP contribution is -2.06. The van der Waals surface area contributed by atoms with Gasteiger partial charge in [0.15, 0.2) is 0 Å². The highest BCUT2D eigenvalue weighted by molar-refractivity contribution is 7.99. The van der Waals surface area contributed by atoms with Crippen molar-refractivity contribution < 1.29 is 9.90 Å². The van der Waals surface area contributed by atoms with Crippen molar-refractivity contribution in [1.82, 2.24) is 9.78 Å². The van der Waals surface area contributed by atoms with Gasteiger partial charge in [0.1, 0.15) is 0 Å². The minimum atomic E-state index is -0.746. The van der Waals surface area contributed by atoms with Crippen LogP contribution in [-0.4, -0.2) is 26.1 Å². The average Bonchev–Trinajstić information content (AvgIpc) is 2.74. The third-order valence-corrected chi connectivity index (χ3v) is 4.18. The van der Waals surface area contributed by atoms with Gasteiger partial charge in [-0.2, -0.15) is 16.9 Å². The molecule has 0 bridgehead atoms. The third kappa shape index (κ3) is 3.29. The van der Waals surface area contributed by atoms with Crippen LogP contribution in [0.5, 0.6) is 0 Å². The van der Waals surface area contributed by atoms with Crippen LogP contribution in [0.15, 0.2) is 24.3 Å². The Morgan fingerprint density at radius 2 is 2.21 bits per heavy atom. The van der Waals surface area contributed by atoms with E-state index >= 15 is 0 Å². The van der Waals surface area contributed by atoms with Crippen molar-refractivity contribution in [3.63, 3.8) is 0 Å².